The molecule has 2 aliphatic carbocycles. The zero-order valence-electron chi connectivity index (χ0n) is 14.4. The van der Waals surface area contributed by atoms with Gasteiger partial charge in [-0.2, -0.15) is 22.0 Å². The number of hydrogen-bond acceptors (Lipinski definition) is 4. The lowest BCUT2D eigenvalue weighted by Crippen LogP contribution is -2.63. The molecule has 2 rings (SSSR count). The second-order valence-electron chi connectivity index (χ2n) is 7.29. The monoisotopic (exact) mass is 398 g/mol. The molecule has 0 spiro atoms. The molecule has 2 fully saturated rings. The van der Waals surface area contributed by atoms with Crippen LogP contribution in [0.1, 0.15) is 51.4 Å². The van der Waals surface area contributed by atoms with E-state index in [2.05, 4.69) is 9.98 Å². The number of aliphatic imine (C=N–C) groups is 2. The van der Waals surface area contributed by atoms with E-state index in [0.29, 0.717) is 0 Å². The first-order valence-electron chi connectivity index (χ1n) is 8.85. The first kappa shape index (κ1) is 21.6. The van der Waals surface area contributed by atoms with Crippen LogP contribution in [0.4, 0.5) is 26.3 Å². The summed E-state index contributed by atoms with van der Waals surface area (Å²) in [4.78, 5) is 27.5. The molecule has 2 saturated carbocycles. The van der Waals surface area contributed by atoms with Crippen molar-refractivity contribution >= 4 is 12.2 Å². The summed E-state index contributed by atoms with van der Waals surface area (Å²) in [6, 6.07) is -1.06. The molecule has 4 nitrogen and oxygen atoms in total. The fourth-order valence-electron chi connectivity index (χ4n) is 4.46. The smallest absolute Gasteiger partial charge is 0.236 e. The Morgan fingerprint density at radius 1 is 0.630 bits per heavy atom. The van der Waals surface area contributed by atoms with Crippen LogP contribution in [0.3, 0.4) is 0 Å². The third-order valence-corrected chi connectivity index (χ3v) is 5.89. The molecule has 0 unspecified atom stereocenters. The van der Waals surface area contributed by atoms with E-state index < -0.39 is 41.7 Å². The van der Waals surface area contributed by atoms with Crippen LogP contribution in [-0.4, -0.2) is 42.0 Å². The number of rotatable bonds is 5. The van der Waals surface area contributed by atoms with Gasteiger partial charge in [0.2, 0.25) is 12.2 Å². The van der Waals surface area contributed by atoms with Crippen molar-refractivity contribution in [2.75, 3.05) is 0 Å². The van der Waals surface area contributed by atoms with Gasteiger partial charge in [-0.25, -0.2) is 24.0 Å². The largest absolute Gasteiger partial charge is 0.456 e. The highest BCUT2D eigenvalue weighted by Crippen LogP contribution is 2.58. The highest BCUT2D eigenvalue weighted by atomic mass is 19.4. The Kier molecular flexibility index (Phi) is 6.53. The van der Waals surface area contributed by atoms with Crippen LogP contribution in [0.5, 0.6) is 0 Å². The van der Waals surface area contributed by atoms with Gasteiger partial charge in [0.1, 0.15) is 0 Å². The fourth-order valence-corrected chi connectivity index (χ4v) is 4.46. The number of nitrogens with zero attached hydrogens (tertiary/aromatic N) is 2. The van der Waals surface area contributed by atoms with Crippen LogP contribution >= 0.6 is 0 Å². The summed E-state index contributed by atoms with van der Waals surface area (Å²) in [6.45, 7) is 0. The van der Waals surface area contributed by atoms with E-state index in [1.54, 1.807) is 0 Å². The fraction of sp³-hybridized carbons (Fsp3) is 0.882. The van der Waals surface area contributed by atoms with Gasteiger partial charge in [0.05, 0.1) is 12.1 Å². The Morgan fingerprint density at radius 2 is 0.963 bits per heavy atom. The Morgan fingerprint density at radius 3 is 1.22 bits per heavy atom. The third kappa shape index (κ3) is 4.11. The molecule has 152 valence electrons. The minimum absolute atomic E-state index is 0.0598. The van der Waals surface area contributed by atoms with Gasteiger partial charge in [0, 0.05) is 0 Å². The lowest BCUT2D eigenvalue weighted by atomic mass is 9.63. The summed E-state index contributed by atoms with van der Waals surface area (Å²) >= 11 is 0. The minimum Gasteiger partial charge on any atom is -0.236 e. The molecule has 27 heavy (non-hydrogen) atoms. The molecule has 0 radical (unpaired) electrons. The van der Waals surface area contributed by atoms with Gasteiger partial charge in [0.25, 0.3) is 0 Å². The van der Waals surface area contributed by atoms with Crippen LogP contribution in [0.2, 0.25) is 0 Å². The highest BCUT2D eigenvalue weighted by molar-refractivity contribution is 5.34. The summed E-state index contributed by atoms with van der Waals surface area (Å²) < 4.78 is 83.8. The topological polar surface area (TPSA) is 58.9 Å². The predicted molar refractivity (Wildman–Crippen MR) is 82.6 cm³/mol. The molecule has 0 aliphatic heterocycles. The average Bonchev–Trinajstić information content (AvgIpc) is 2.62. The standard InChI is InChI=1S/C17H20F6N2O2/c18-15(16(19,20)17(21,22)23,11-1-5-13(6-2-11)24-9-26)12-3-7-14(8-4-12)25-10-27/h11-14H,1-8H2. The number of carbonyl (C=O) groups excluding carboxylic acids is 2. The van der Waals surface area contributed by atoms with Crippen molar-refractivity contribution < 1.29 is 35.9 Å². The quantitative estimate of drug-likeness (QED) is 0.384. The summed E-state index contributed by atoms with van der Waals surface area (Å²) in [5, 5.41) is 0. The van der Waals surface area contributed by atoms with Crippen molar-refractivity contribution in [2.24, 2.45) is 21.8 Å². The van der Waals surface area contributed by atoms with Gasteiger partial charge in [-0.05, 0) is 63.2 Å². The Bertz CT molecular complexity index is 571. The molecule has 0 aromatic carbocycles. The van der Waals surface area contributed by atoms with Gasteiger partial charge >= 0.3 is 12.1 Å². The molecule has 10 heteroatoms. The molecule has 2 aliphatic rings. The van der Waals surface area contributed by atoms with E-state index in [1.807, 2.05) is 0 Å². The van der Waals surface area contributed by atoms with Gasteiger partial charge in [0.15, 0.2) is 5.67 Å². The molecule has 0 heterocycles. The van der Waals surface area contributed by atoms with E-state index in [0.717, 1.165) is 0 Å². The van der Waals surface area contributed by atoms with Gasteiger partial charge in [-0.15, -0.1) is 0 Å². The first-order valence-corrected chi connectivity index (χ1v) is 8.85. The van der Waals surface area contributed by atoms with Crippen LogP contribution in [-0.2, 0) is 9.59 Å². The number of isocyanates is 2. The summed E-state index contributed by atoms with van der Waals surface area (Å²) in [7, 11) is 0. The lowest BCUT2D eigenvalue weighted by Gasteiger charge is -2.48. The Labute approximate surface area is 152 Å². The van der Waals surface area contributed by atoms with Crippen LogP contribution in [0, 0.1) is 11.8 Å². The number of alkyl halides is 6. The van der Waals surface area contributed by atoms with Crippen molar-refractivity contribution in [3.63, 3.8) is 0 Å². The maximum absolute atomic E-state index is 15.8. The summed E-state index contributed by atoms with van der Waals surface area (Å²) in [5.74, 6) is -8.50. The minimum atomic E-state index is -6.02. The van der Waals surface area contributed by atoms with Crippen LogP contribution in [0.25, 0.3) is 0 Å². The molecule has 0 aromatic heterocycles. The van der Waals surface area contributed by atoms with E-state index in [-0.39, 0.29) is 51.4 Å². The molecule has 0 saturated heterocycles. The second kappa shape index (κ2) is 8.15. The normalized spacial score (nSPS) is 31.9. The van der Waals surface area contributed by atoms with E-state index in [9.17, 15) is 31.5 Å². The number of halogens is 6. The van der Waals surface area contributed by atoms with Gasteiger partial charge in [-0.1, -0.05) is 0 Å². The first-order chi connectivity index (χ1) is 12.6. The maximum atomic E-state index is 15.8. The SMILES string of the molecule is O=C=NC1CCC(C(F)(C2CCC(N=C=O)CC2)C(F)(F)C(F)(F)F)CC1. The van der Waals surface area contributed by atoms with E-state index in [1.165, 1.54) is 12.2 Å². The van der Waals surface area contributed by atoms with Crippen LogP contribution in [0.15, 0.2) is 9.98 Å². The Balaban J connectivity index is 2.30. The van der Waals surface area contributed by atoms with Crippen molar-refractivity contribution in [1.29, 1.82) is 0 Å². The Hall–Kier alpha value is -1.66. The zero-order valence-corrected chi connectivity index (χ0v) is 14.4. The van der Waals surface area contributed by atoms with E-state index in [4.69, 9.17) is 0 Å². The lowest BCUT2D eigenvalue weighted by molar-refractivity contribution is -0.349. The van der Waals surface area contributed by atoms with Crippen molar-refractivity contribution in [3.05, 3.63) is 0 Å². The summed E-state index contributed by atoms with van der Waals surface area (Å²) in [5.41, 5.74) is -3.75. The maximum Gasteiger partial charge on any atom is 0.456 e. The van der Waals surface area contributed by atoms with Crippen molar-refractivity contribution in [3.8, 4) is 0 Å². The van der Waals surface area contributed by atoms with Crippen LogP contribution < -0.4 is 0 Å². The molecule has 0 atom stereocenters. The highest BCUT2D eigenvalue weighted by Gasteiger charge is 2.75. The molecule has 0 bridgehead atoms. The summed E-state index contributed by atoms with van der Waals surface area (Å²) in [6.07, 6.45) is -3.97. The molecular weight excluding hydrogens is 378 g/mol. The second-order valence-corrected chi connectivity index (χ2v) is 7.29. The van der Waals surface area contributed by atoms with E-state index >= 15 is 4.39 Å². The molecule has 0 aromatic rings. The van der Waals surface area contributed by atoms with Gasteiger partial charge < -0.3 is 0 Å². The third-order valence-electron chi connectivity index (χ3n) is 5.89. The predicted octanol–water partition coefficient (Wildman–Crippen LogP) is 4.68. The zero-order chi connectivity index (χ0) is 20.3. The molecule has 0 amide bonds. The molecular formula is C17H20F6N2O2. The average molecular weight is 398 g/mol. The number of hydrogen-bond donors (Lipinski definition) is 0. The molecule has 0 N–H and O–H groups in total. The van der Waals surface area contributed by atoms with Gasteiger partial charge in [-0.3, -0.25) is 0 Å². The van der Waals surface area contributed by atoms with Crippen molar-refractivity contribution in [2.45, 2.75) is 81.2 Å². The van der Waals surface area contributed by atoms with Crippen molar-refractivity contribution in [1.82, 2.24) is 0 Å².